The second-order valence-electron chi connectivity index (χ2n) is 2.20. The van der Waals surface area contributed by atoms with E-state index in [0.29, 0.717) is 0 Å². The average Bonchev–Trinajstić information content (AvgIpc) is 2.13. The summed E-state index contributed by atoms with van der Waals surface area (Å²) >= 11 is 4.62. The maximum absolute atomic E-state index is 4.13. The molecule has 10 heavy (non-hydrogen) atoms. The smallest absolute Gasteiger partial charge is 0.179 e. The van der Waals surface area contributed by atoms with E-state index in [-0.39, 0.29) is 0 Å². The van der Waals surface area contributed by atoms with E-state index in [1.807, 2.05) is 19.0 Å². The Hall–Kier alpha value is -0.0000000000000000555. The summed E-state index contributed by atoms with van der Waals surface area (Å²) in [7, 11) is 3.99. The van der Waals surface area contributed by atoms with Gasteiger partial charge in [0, 0.05) is 0 Å². The minimum atomic E-state index is 0.808. The fourth-order valence-corrected chi connectivity index (χ4v) is 1.43. The zero-order chi connectivity index (χ0) is 7.56. The predicted molar refractivity (Wildman–Crippen MR) is 45.0 cm³/mol. The van der Waals surface area contributed by atoms with Gasteiger partial charge >= 0.3 is 0 Å². The summed E-state index contributed by atoms with van der Waals surface area (Å²) in [6, 6.07) is 0. The Morgan fingerprint density at radius 3 is 2.70 bits per heavy atom. The first-order valence-corrected chi connectivity index (χ1v) is 4.38. The van der Waals surface area contributed by atoms with Gasteiger partial charge in [-0.3, -0.25) is 0 Å². The average molecular weight is 222 g/mol. The molecule has 56 valence electrons. The molecule has 0 saturated carbocycles. The molecule has 0 atom stereocenters. The molecule has 0 aliphatic carbocycles. The molecule has 0 fully saturated rings. The standard InChI is InChI=1S/C5H8BrN3S/c1-9(2)3-4-7-5(6)10-8-4/h3H2,1-2H3. The molecule has 0 bridgehead atoms. The number of halogens is 1. The number of nitrogens with zero attached hydrogens (tertiary/aromatic N) is 3. The summed E-state index contributed by atoms with van der Waals surface area (Å²) in [4.78, 5) is 6.17. The molecule has 0 amide bonds. The summed E-state index contributed by atoms with van der Waals surface area (Å²) in [6.07, 6.45) is 0. The van der Waals surface area contributed by atoms with Gasteiger partial charge in [-0.25, -0.2) is 4.98 Å². The Morgan fingerprint density at radius 2 is 2.30 bits per heavy atom. The van der Waals surface area contributed by atoms with Crippen LogP contribution < -0.4 is 0 Å². The molecule has 1 aromatic heterocycles. The van der Waals surface area contributed by atoms with Gasteiger partial charge in [-0.15, -0.1) is 0 Å². The lowest BCUT2D eigenvalue weighted by atomic mass is 10.6. The highest BCUT2D eigenvalue weighted by atomic mass is 79.9. The molecule has 0 N–H and O–H groups in total. The van der Waals surface area contributed by atoms with Gasteiger partial charge in [0.05, 0.1) is 6.54 Å². The summed E-state index contributed by atoms with van der Waals surface area (Å²) in [5, 5.41) is 0. The van der Waals surface area contributed by atoms with Crippen LogP contribution in [0.1, 0.15) is 5.82 Å². The third-order valence-electron chi connectivity index (χ3n) is 0.901. The van der Waals surface area contributed by atoms with Gasteiger partial charge in [0.1, 0.15) is 0 Å². The van der Waals surface area contributed by atoms with Gasteiger partial charge in [-0.2, -0.15) is 4.37 Å². The second-order valence-corrected chi connectivity index (χ2v) is 4.23. The van der Waals surface area contributed by atoms with Crippen molar-refractivity contribution in [1.82, 2.24) is 14.3 Å². The first kappa shape index (κ1) is 8.10. The van der Waals surface area contributed by atoms with Crippen LogP contribution in [0.4, 0.5) is 0 Å². The molecule has 0 aromatic carbocycles. The van der Waals surface area contributed by atoms with E-state index < -0.39 is 0 Å². The molecule has 1 aromatic rings. The molecule has 1 heterocycles. The van der Waals surface area contributed by atoms with Crippen molar-refractivity contribution in [3.8, 4) is 0 Å². The molecule has 5 heteroatoms. The van der Waals surface area contributed by atoms with Crippen molar-refractivity contribution in [3.05, 3.63) is 9.74 Å². The van der Waals surface area contributed by atoms with Crippen LogP contribution in [-0.2, 0) is 6.54 Å². The van der Waals surface area contributed by atoms with Gasteiger partial charge < -0.3 is 4.90 Å². The van der Waals surface area contributed by atoms with E-state index in [1.165, 1.54) is 11.5 Å². The van der Waals surface area contributed by atoms with Crippen molar-refractivity contribution in [2.45, 2.75) is 6.54 Å². The Balaban J connectivity index is 2.58. The summed E-state index contributed by atoms with van der Waals surface area (Å²) in [5.74, 6) is 0.877. The van der Waals surface area contributed by atoms with Gasteiger partial charge in [0.15, 0.2) is 9.74 Å². The second kappa shape index (κ2) is 3.41. The number of hydrogen-bond acceptors (Lipinski definition) is 4. The molecule has 1 rings (SSSR count). The summed E-state index contributed by atoms with van der Waals surface area (Å²) in [6.45, 7) is 0.808. The topological polar surface area (TPSA) is 29.0 Å². The molecule has 0 unspecified atom stereocenters. The molecule has 0 radical (unpaired) electrons. The molecule has 0 spiro atoms. The van der Waals surface area contributed by atoms with Crippen LogP contribution >= 0.6 is 27.5 Å². The lowest BCUT2D eigenvalue weighted by Gasteiger charge is -2.03. The maximum Gasteiger partial charge on any atom is 0.179 e. The highest BCUT2D eigenvalue weighted by Gasteiger charge is 2.00. The Bertz CT molecular complexity index is 210. The Labute approximate surface area is 72.4 Å². The van der Waals surface area contributed by atoms with Crippen molar-refractivity contribution in [1.29, 1.82) is 0 Å². The Kier molecular flexibility index (Phi) is 2.76. The van der Waals surface area contributed by atoms with Crippen molar-refractivity contribution in [2.75, 3.05) is 14.1 Å². The van der Waals surface area contributed by atoms with Gasteiger partial charge in [0.25, 0.3) is 0 Å². The lowest BCUT2D eigenvalue weighted by Crippen LogP contribution is -2.11. The fraction of sp³-hybridized carbons (Fsp3) is 0.600. The minimum Gasteiger partial charge on any atom is -0.302 e. The van der Waals surface area contributed by atoms with Crippen molar-refractivity contribution < 1.29 is 0 Å². The highest BCUT2D eigenvalue weighted by molar-refractivity contribution is 9.11. The molecular weight excluding hydrogens is 214 g/mol. The normalized spacial score (nSPS) is 10.8. The summed E-state index contributed by atoms with van der Waals surface area (Å²) in [5.41, 5.74) is 0. The number of aromatic nitrogens is 2. The van der Waals surface area contributed by atoms with E-state index >= 15 is 0 Å². The highest BCUT2D eigenvalue weighted by Crippen LogP contribution is 2.11. The van der Waals surface area contributed by atoms with E-state index in [2.05, 4.69) is 25.3 Å². The fourth-order valence-electron chi connectivity index (χ4n) is 0.580. The van der Waals surface area contributed by atoms with Crippen molar-refractivity contribution in [3.63, 3.8) is 0 Å². The number of hydrogen-bond donors (Lipinski definition) is 0. The largest absolute Gasteiger partial charge is 0.302 e. The predicted octanol–water partition coefficient (Wildman–Crippen LogP) is 1.36. The first-order chi connectivity index (χ1) is 4.68. The summed E-state index contributed by atoms with van der Waals surface area (Å²) < 4.78 is 4.95. The lowest BCUT2D eigenvalue weighted by molar-refractivity contribution is 0.392. The van der Waals surface area contributed by atoms with E-state index in [1.54, 1.807) is 0 Å². The first-order valence-electron chi connectivity index (χ1n) is 2.81. The molecule has 3 nitrogen and oxygen atoms in total. The molecule has 0 aliphatic heterocycles. The SMILES string of the molecule is CN(C)Cc1nsc(Br)n1. The van der Waals surface area contributed by atoms with Crippen LogP contribution in [0.5, 0.6) is 0 Å². The zero-order valence-electron chi connectivity index (χ0n) is 5.83. The Morgan fingerprint density at radius 1 is 1.60 bits per heavy atom. The molecular formula is C5H8BrN3S. The van der Waals surface area contributed by atoms with Crippen LogP contribution in [0, 0.1) is 0 Å². The van der Waals surface area contributed by atoms with E-state index in [9.17, 15) is 0 Å². The van der Waals surface area contributed by atoms with Gasteiger partial charge in [-0.1, -0.05) is 0 Å². The van der Waals surface area contributed by atoms with Crippen molar-refractivity contribution >= 4 is 27.5 Å². The van der Waals surface area contributed by atoms with E-state index in [0.717, 1.165) is 16.3 Å². The van der Waals surface area contributed by atoms with Crippen molar-refractivity contribution in [2.24, 2.45) is 0 Å². The van der Waals surface area contributed by atoms with Crippen LogP contribution in [0.25, 0.3) is 0 Å². The zero-order valence-corrected chi connectivity index (χ0v) is 8.24. The quantitative estimate of drug-likeness (QED) is 0.756. The third kappa shape index (κ3) is 2.32. The van der Waals surface area contributed by atoms with Gasteiger partial charge in [0.2, 0.25) is 0 Å². The monoisotopic (exact) mass is 221 g/mol. The third-order valence-corrected chi connectivity index (χ3v) is 2.06. The molecule has 0 aliphatic rings. The molecule has 0 saturated heterocycles. The van der Waals surface area contributed by atoms with E-state index in [4.69, 9.17) is 0 Å². The van der Waals surface area contributed by atoms with Crippen LogP contribution in [0.3, 0.4) is 0 Å². The minimum absolute atomic E-state index is 0.808. The van der Waals surface area contributed by atoms with Crippen LogP contribution in [-0.4, -0.2) is 28.4 Å². The van der Waals surface area contributed by atoms with Crippen LogP contribution in [0.2, 0.25) is 0 Å². The maximum atomic E-state index is 4.13. The van der Waals surface area contributed by atoms with Gasteiger partial charge in [-0.05, 0) is 41.6 Å². The van der Waals surface area contributed by atoms with Crippen LogP contribution in [0.15, 0.2) is 3.92 Å². The number of rotatable bonds is 2.